The summed E-state index contributed by atoms with van der Waals surface area (Å²) in [7, 11) is 0. The van der Waals surface area contributed by atoms with E-state index in [0.29, 0.717) is 48.1 Å². The van der Waals surface area contributed by atoms with Gasteiger partial charge >= 0.3 is 0 Å². The van der Waals surface area contributed by atoms with Crippen LogP contribution in [-0.4, -0.2) is 11.6 Å². The van der Waals surface area contributed by atoms with Crippen LogP contribution in [0.4, 0.5) is 0 Å². The first-order valence-electron chi connectivity index (χ1n) is 8.94. The normalized spacial score (nSPS) is 33.4. The van der Waals surface area contributed by atoms with Crippen LogP contribution in [0.5, 0.6) is 0 Å². The lowest BCUT2D eigenvalue weighted by molar-refractivity contribution is -0.121. The smallest absolute Gasteiger partial charge is 0.156 e. The molecule has 4 atom stereocenters. The molecule has 22 heavy (non-hydrogen) atoms. The molecule has 2 nitrogen and oxygen atoms in total. The Kier molecular flexibility index (Phi) is 5.29. The largest absolute Gasteiger partial charge is 0.300 e. The molecule has 2 rings (SSSR count). The van der Waals surface area contributed by atoms with Crippen LogP contribution in [-0.2, 0) is 9.59 Å². The van der Waals surface area contributed by atoms with Crippen molar-refractivity contribution in [3.8, 4) is 0 Å². The van der Waals surface area contributed by atoms with Gasteiger partial charge < -0.3 is 0 Å². The maximum Gasteiger partial charge on any atom is 0.156 e. The number of rotatable bonds is 5. The van der Waals surface area contributed by atoms with Gasteiger partial charge in [0.1, 0.15) is 5.78 Å². The van der Waals surface area contributed by atoms with Crippen LogP contribution in [0, 0.1) is 29.1 Å². The Morgan fingerprint density at radius 1 is 1.32 bits per heavy atom. The van der Waals surface area contributed by atoms with E-state index in [1.54, 1.807) is 0 Å². The average Bonchev–Trinajstić information content (AvgIpc) is 2.35. The minimum absolute atomic E-state index is 0.161. The molecule has 0 radical (unpaired) electrons. The topological polar surface area (TPSA) is 34.1 Å². The summed E-state index contributed by atoms with van der Waals surface area (Å²) in [6.45, 7) is 10.9. The summed E-state index contributed by atoms with van der Waals surface area (Å²) in [5.41, 5.74) is 1.43. The van der Waals surface area contributed by atoms with Crippen LogP contribution in [0.1, 0.15) is 73.1 Å². The number of ketones is 2. The first kappa shape index (κ1) is 17.4. The Hall–Kier alpha value is -0.920. The van der Waals surface area contributed by atoms with Gasteiger partial charge in [-0.2, -0.15) is 0 Å². The molecule has 124 valence electrons. The lowest BCUT2D eigenvalue weighted by Crippen LogP contribution is -2.40. The van der Waals surface area contributed by atoms with Gasteiger partial charge in [-0.05, 0) is 61.3 Å². The van der Waals surface area contributed by atoms with E-state index >= 15 is 0 Å². The fraction of sp³-hybridized carbons (Fsp3) is 0.800. The summed E-state index contributed by atoms with van der Waals surface area (Å²) < 4.78 is 0. The molecule has 2 aliphatic carbocycles. The number of carbonyl (C=O) groups is 2. The molecule has 0 N–H and O–H groups in total. The second-order valence-electron chi connectivity index (χ2n) is 8.59. The molecule has 0 saturated heterocycles. The fourth-order valence-electron chi connectivity index (χ4n) is 4.73. The zero-order chi connectivity index (χ0) is 16.5. The minimum atomic E-state index is 0.161. The van der Waals surface area contributed by atoms with Gasteiger partial charge in [0.05, 0.1) is 0 Å². The summed E-state index contributed by atoms with van der Waals surface area (Å²) >= 11 is 0. The van der Waals surface area contributed by atoms with E-state index in [-0.39, 0.29) is 5.41 Å². The standard InChI is InChI=1S/C20H32O2/c1-13(2)8-17(21)9-14(3)16-6-7-20(5)12-18(22)10-15(4)19(20)11-16/h10,13-14,16,19H,6-9,11-12H2,1-5H3/t14?,16-,19+,20+/m1/s1. The molecule has 1 saturated carbocycles. The van der Waals surface area contributed by atoms with Crippen LogP contribution in [0.2, 0.25) is 0 Å². The summed E-state index contributed by atoms with van der Waals surface area (Å²) in [4.78, 5) is 24.0. The van der Waals surface area contributed by atoms with Gasteiger partial charge in [-0.25, -0.2) is 0 Å². The number of hydrogen-bond donors (Lipinski definition) is 0. The molecule has 0 aromatic carbocycles. The minimum Gasteiger partial charge on any atom is -0.300 e. The van der Waals surface area contributed by atoms with E-state index in [2.05, 4.69) is 34.6 Å². The number of fused-ring (bicyclic) bond motifs is 1. The van der Waals surface area contributed by atoms with Crippen molar-refractivity contribution < 1.29 is 9.59 Å². The van der Waals surface area contributed by atoms with E-state index < -0.39 is 0 Å². The number of Topliss-reactive ketones (excluding diaryl/α,β-unsaturated/α-hetero) is 1. The van der Waals surface area contributed by atoms with Crippen molar-refractivity contribution in [2.45, 2.75) is 73.1 Å². The lowest BCUT2D eigenvalue weighted by Gasteiger charge is -2.48. The van der Waals surface area contributed by atoms with Gasteiger partial charge in [0.15, 0.2) is 5.78 Å². The molecule has 0 amide bonds. The summed E-state index contributed by atoms with van der Waals surface area (Å²) in [5, 5.41) is 0. The first-order chi connectivity index (χ1) is 10.2. The average molecular weight is 304 g/mol. The van der Waals surface area contributed by atoms with E-state index in [1.165, 1.54) is 12.0 Å². The zero-order valence-electron chi connectivity index (χ0n) is 14.9. The Balaban J connectivity index is 2.00. The van der Waals surface area contributed by atoms with Crippen molar-refractivity contribution in [1.82, 2.24) is 0 Å². The molecule has 0 aromatic heterocycles. The van der Waals surface area contributed by atoms with Crippen molar-refractivity contribution >= 4 is 11.6 Å². The maximum atomic E-state index is 12.1. The van der Waals surface area contributed by atoms with Gasteiger partial charge in [0.25, 0.3) is 0 Å². The highest BCUT2D eigenvalue weighted by molar-refractivity contribution is 5.92. The number of carbonyl (C=O) groups excluding carboxylic acids is 2. The quantitative estimate of drug-likeness (QED) is 0.718. The summed E-state index contributed by atoms with van der Waals surface area (Å²) in [6, 6.07) is 0. The highest BCUT2D eigenvalue weighted by Crippen LogP contribution is 2.52. The van der Waals surface area contributed by atoms with Crippen molar-refractivity contribution in [3.05, 3.63) is 11.6 Å². The molecular formula is C20H32O2. The van der Waals surface area contributed by atoms with E-state index in [1.807, 2.05) is 6.08 Å². The van der Waals surface area contributed by atoms with Crippen molar-refractivity contribution in [3.63, 3.8) is 0 Å². The second kappa shape index (κ2) is 6.68. The fourth-order valence-corrected chi connectivity index (χ4v) is 4.73. The van der Waals surface area contributed by atoms with Crippen molar-refractivity contribution in [1.29, 1.82) is 0 Å². The van der Waals surface area contributed by atoms with Gasteiger partial charge in [-0.1, -0.05) is 33.3 Å². The van der Waals surface area contributed by atoms with Crippen LogP contribution in [0.25, 0.3) is 0 Å². The molecule has 2 aliphatic rings. The van der Waals surface area contributed by atoms with E-state index in [4.69, 9.17) is 0 Å². The molecule has 2 heteroatoms. The predicted octanol–water partition coefficient (Wildman–Crippen LogP) is 4.97. The second-order valence-corrected chi connectivity index (χ2v) is 8.59. The molecule has 0 bridgehead atoms. The van der Waals surface area contributed by atoms with Crippen LogP contribution < -0.4 is 0 Å². The van der Waals surface area contributed by atoms with Gasteiger partial charge in [-0.3, -0.25) is 9.59 Å². The van der Waals surface area contributed by atoms with Crippen LogP contribution in [0.3, 0.4) is 0 Å². The van der Waals surface area contributed by atoms with Gasteiger partial charge in [0.2, 0.25) is 0 Å². The highest BCUT2D eigenvalue weighted by atomic mass is 16.1. The number of allylic oxidation sites excluding steroid dienone is 2. The van der Waals surface area contributed by atoms with Crippen LogP contribution >= 0.6 is 0 Å². The Labute approximate surface area is 135 Å². The van der Waals surface area contributed by atoms with Crippen LogP contribution in [0.15, 0.2) is 11.6 Å². The highest BCUT2D eigenvalue weighted by Gasteiger charge is 2.44. The molecule has 0 spiro atoms. The first-order valence-corrected chi connectivity index (χ1v) is 8.94. The molecular weight excluding hydrogens is 272 g/mol. The predicted molar refractivity (Wildman–Crippen MR) is 90.6 cm³/mol. The van der Waals surface area contributed by atoms with Gasteiger partial charge in [-0.15, -0.1) is 0 Å². The molecule has 0 heterocycles. The Bertz CT molecular complexity index is 474. The zero-order valence-corrected chi connectivity index (χ0v) is 14.9. The van der Waals surface area contributed by atoms with Gasteiger partial charge in [0, 0.05) is 19.3 Å². The third-order valence-corrected chi connectivity index (χ3v) is 5.97. The van der Waals surface area contributed by atoms with Crippen molar-refractivity contribution in [2.75, 3.05) is 0 Å². The lowest BCUT2D eigenvalue weighted by atomic mass is 9.56. The van der Waals surface area contributed by atoms with Crippen molar-refractivity contribution in [2.24, 2.45) is 29.1 Å². The SMILES string of the molecule is CC1=CC(=O)C[C@]2(C)CC[C@@H](C(C)CC(=O)CC(C)C)C[C@@H]12. The molecule has 1 fully saturated rings. The summed E-state index contributed by atoms with van der Waals surface area (Å²) in [5.74, 6) is 2.82. The molecule has 0 aliphatic heterocycles. The van der Waals surface area contributed by atoms with E-state index in [9.17, 15) is 9.59 Å². The summed E-state index contributed by atoms with van der Waals surface area (Å²) in [6.07, 6.45) is 7.47. The Morgan fingerprint density at radius 3 is 2.64 bits per heavy atom. The maximum absolute atomic E-state index is 12.1. The molecule has 1 unspecified atom stereocenters. The number of hydrogen-bond acceptors (Lipinski definition) is 2. The Morgan fingerprint density at radius 2 is 2.00 bits per heavy atom. The van der Waals surface area contributed by atoms with E-state index in [0.717, 1.165) is 19.3 Å². The third kappa shape index (κ3) is 3.88. The monoisotopic (exact) mass is 304 g/mol. The molecule has 0 aromatic rings. The third-order valence-electron chi connectivity index (χ3n) is 5.97.